The van der Waals surface area contributed by atoms with E-state index in [1.54, 1.807) is 0 Å². The third kappa shape index (κ3) is 3.01. The zero-order valence-corrected chi connectivity index (χ0v) is 11.2. The van der Waals surface area contributed by atoms with Gasteiger partial charge in [0.25, 0.3) is 0 Å². The SMILES string of the molecule is CCCNCCc1cccc2c1OC(C)(C)C2. The second kappa shape index (κ2) is 5.09. The molecule has 0 saturated heterocycles. The van der Waals surface area contributed by atoms with Gasteiger partial charge in [0.15, 0.2) is 0 Å². The van der Waals surface area contributed by atoms with E-state index in [1.807, 2.05) is 0 Å². The summed E-state index contributed by atoms with van der Waals surface area (Å²) in [6, 6.07) is 6.53. The van der Waals surface area contributed by atoms with Gasteiger partial charge in [-0.3, -0.25) is 0 Å². The van der Waals surface area contributed by atoms with Crippen LogP contribution in [0.3, 0.4) is 0 Å². The molecule has 0 aromatic heterocycles. The van der Waals surface area contributed by atoms with E-state index < -0.39 is 0 Å². The highest BCUT2D eigenvalue weighted by atomic mass is 16.5. The van der Waals surface area contributed by atoms with Crippen molar-refractivity contribution in [2.45, 2.75) is 45.6 Å². The van der Waals surface area contributed by atoms with Crippen LogP contribution in [0, 0.1) is 0 Å². The van der Waals surface area contributed by atoms with E-state index in [9.17, 15) is 0 Å². The predicted octanol–water partition coefficient (Wildman–Crippen LogP) is 2.94. The fourth-order valence-electron chi connectivity index (χ4n) is 2.40. The number of hydrogen-bond donors (Lipinski definition) is 1. The van der Waals surface area contributed by atoms with Gasteiger partial charge in [0, 0.05) is 6.42 Å². The summed E-state index contributed by atoms with van der Waals surface area (Å²) in [6.45, 7) is 8.65. The summed E-state index contributed by atoms with van der Waals surface area (Å²) in [5.74, 6) is 1.13. The first-order valence-electron chi connectivity index (χ1n) is 6.63. The van der Waals surface area contributed by atoms with Gasteiger partial charge in [0.2, 0.25) is 0 Å². The first kappa shape index (κ1) is 12.4. The van der Waals surface area contributed by atoms with Crippen LogP contribution in [-0.4, -0.2) is 18.7 Å². The molecule has 2 rings (SSSR count). The third-order valence-corrected chi connectivity index (χ3v) is 3.17. The highest BCUT2D eigenvalue weighted by Crippen LogP contribution is 2.37. The standard InChI is InChI=1S/C15H23NO/c1-4-9-16-10-8-12-6-5-7-13-11-15(2,3)17-14(12)13/h5-7,16H,4,8-11H2,1-3H3. The predicted molar refractivity (Wildman–Crippen MR) is 71.7 cm³/mol. The van der Waals surface area contributed by atoms with Crippen molar-refractivity contribution >= 4 is 0 Å². The van der Waals surface area contributed by atoms with Gasteiger partial charge in [-0.25, -0.2) is 0 Å². The minimum absolute atomic E-state index is 0.0325. The zero-order chi connectivity index (χ0) is 12.3. The van der Waals surface area contributed by atoms with Crippen molar-refractivity contribution in [2.75, 3.05) is 13.1 Å². The van der Waals surface area contributed by atoms with E-state index in [2.05, 4.69) is 44.3 Å². The average molecular weight is 233 g/mol. The normalized spacial score (nSPS) is 16.6. The number of benzene rings is 1. The lowest BCUT2D eigenvalue weighted by molar-refractivity contribution is 0.137. The van der Waals surface area contributed by atoms with Gasteiger partial charge in [-0.15, -0.1) is 0 Å². The van der Waals surface area contributed by atoms with E-state index in [4.69, 9.17) is 4.74 Å². The fourth-order valence-corrected chi connectivity index (χ4v) is 2.40. The van der Waals surface area contributed by atoms with Crippen molar-refractivity contribution < 1.29 is 4.74 Å². The molecule has 1 N–H and O–H groups in total. The highest BCUT2D eigenvalue weighted by Gasteiger charge is 2.31. The minimum Gasteiger partial charge on any atom is -0.487 e. The molecule has 2 heteroatoms. The van der Waals surface area contributed by atoms with Gasteiger partial charge in [0.1, 0.15) is 11.4 Å². The summed E-state index contributed by atoms with van der Waals surface area (Å²) in [6.07, 6.45) is 3.27. The number of rotatable bonds is 5. The Morgan fingerprint density at radius 2 is 2.12 bits per heavy atom. The smallest absolute Gasteiger partial charge is 0.126 e. The topological polar surface area (TPSA) is 21.3 Å². The molecule has 1 aromatic carbocycles. The summed E-state index contributed by atoms with van der Waals surface area (Å²) in [5, 5.41) is 3.44. The third-order valence-electron chi connectivity index (χ3n) is 3.17. The Kier molecular flexibility index (Phi) is 3.72. The molecule has 0 unspecified atom stereocenters. The van der Waals surface area contributed by atoms with Crippen LogP contribution in [-0.2, 0) is 12.8 Å². The molecule has 1 aromatic rings. The van der Waals surface area contributed by atoms with E-state index in [0.717, 1.165) is 31.7 Å². The van der Waals surface area contributed by atoms with Crippen molar-refractivity contribution in [3.8, 4) is 5.75 Å². The molecule has 0 fully saturated rings. The zero-order valence-electron chi connectivity index (χ0n) is 11.2. The largest absolute Gasteiger partial charge is 0.487 e. The van der Waals surface area contributed by atoms with Crippen molar-refractivity contribution in [1.82, 2.24) is 5.32 Å². The first-order chi connectivity index (χ1) is 8.12. The quantitative estimate of drug-likeness (QED) is 0.790. The van der Waals surface area contributed by atoms with E-state index in [0.29, 0.717) is 0 Å². The fraction of sp³-hybridized carbons (Fsp3) is 0.600. The molecule has 0 bridgehead atoms. The first-order valence-corrected chi connectivity index (χ1v) is 6.63. The summed E-state index contributed by atoms with van der Waals surface area (Å²) < 4.78 is 6.05. The number of para-hydroxylation sites is 1. The Bertz CT molecular complexity index is 385. The monoisotopic (exact) mass is 233 g/mol. The molecule has 0 aliphatic carbocycles. The van der Waals surface area contributed by atoms with Gasteiger partial charge in [-0.1, -0.05) is 25.1 Å². The van der Waals surface area contributed by atoms with Crippen molar-refractivity contribution in [3.05, 3.63) is 29.3 Å². The number of hydrogen-bond acceptors (Lipinski definition) is 2. The number of nitrogens with one attached hydrogen (secondary N) is 1. The summed E-state index contributed by atoms with van der Waals surface area (Å²) in [4.78, 5) is 0. The maximum absolute atomic E-state index is 6.05. The summed E-state index contributed by atoms with van der Waals surface area (Å²) in [7, 11) is 0. The molecule has 94 valence electrons. The van der Waals surface area contributed by atoms with Crippen LogP contribution in [0.25, 0.3) is 0 Å². The Hall–Kier alpha value is -1.02. The Balaban J connectivity index is 2.03. The molecule has 1 aliphatic heterocycles. The molecular formula is C15H23NO. The van der Waals surface area contributed by atoms with Crippen LogP contribution >= 0.6 is 0 Å². The molecule has 0 amide bonds. The maximum atomic E-state index is 6.05. The van der Waals surface area contributed by atoms with E-state index in [-0.39, 0.29) is 5.60 Å². The Morgan fingerprint density at radius 1 is 1.29 bits per heavy atom. The van der Waals surface area contributed by atoms with E-state index >= 15 is 0 Å². The van der Waals surface area contributed by atoms with Crippen LogP contribution in [0.5, 0.6) is 5.75 Å². The van der Waals surface area contributed by atoms with E-state index in [1.165, 1.54) is 17.5 Å². The number of fused-ring (bicyclic) bond motifs is 1. The van der Waals surface area contributed by atoms with Crippen LogP contribution in [0.2, 0.25) is 0 Å². The van der Waals surface area contributed by atoms with Crippen LogP contribution in [0.1, 0.15) is 38.3 Å². The minimum atomic E-state index is -0.0325. The molecule has 0 saturated carbocycles. The van der Waals surface area contributed by atoms with Gasteiger partial charge in [0.05, 0.1) is 0 Å². The molecule has 2 nitrogen and oxygen atoms in total. The Labute approximate surface area is 104 Å². The molecule has 0 radical (unpaired) electrons. The van der Waals surface area contributed by atoms with Gasteiger partial charge >= 0.3 is 0 Å². The molecule has 17 heavy (non-hydrogen) atoms. The maximum Gasteiger partial charge on any atom is 0.126 e. The molecular weight excluding hydrogens is 210 g/mol. The van der Waals surface area contributed by atoms with Crippen LogP contribution < -0.4 is 10.1 Å². The molecule has 1 heterocycles. The lowest BCUT2D eigenvalue weighted by Crippen LogP contribution is -2.25. The van der Waals surface area contributed by atoms with Crippen molar-refractivity contribution in [3.63, 3.8) is 0 Å². The lowest BCUT2D eigenvalue weighted by Gasteiger charge is -2.18. The lowest BCUT2D eigenvalue weighted by atomic mass is 10.00. The summed E-state index contributed by atoms with van der Waals surface area (Å²) in [5.41, 5.74) is 2.68. The average Bonchev–Trinajstić information content (AvgIpc) is 2.59. The van der Waals surface area contributed by atoms with Gasteiger partial charge in [-0.05, 0) is 50.9 Å². The molecule has 1 aliphatic rings. The Morgan fingerprint density at radius 3 is 2.88 bits per heavy atom. The van der Waals surface area contributed by atoms with Crippen LogP contribution in [0.15, 0.2) is 18.2 Å². The second-order valence-corrected chi connectivity index (χ2v) is 5.44. The molecule has 0 spiro atoms. The highest BCUT2D eigenvalue weighted by molar-refractivity contribution is 5.45. The van der Waals surface area contributed by atoms with Gasteiger partial charge in [-0.2, -0.15) is 0 Å². The van der Waals surface area contributed by atoms with Crippen molar-refractivity contribution in [1.29, 1.82) is 0 Å². The second-order valence-electron chi connectivity index (χ2n) is 5.44. The van der Waals surface area contributed by atoms with Crippen LogP contribution in [0.4, 0.5) is 0 Å². The van der Waals surface area contributed by atoms with Gasteiger partial charge < -0.3 is 10.1 Å². The number of ether oxygens (including phenoxy) is 1. The molecule has 0 atom stereocenters. The summed E-state index contributed by atoms with van der Waals surface area (Å²) >= 11 is 0. The van der Waals surface area contributed by atoms with Crippen molar-refractivity contribution in [2.24, 2.45) is 0 Å².